The second-order valence-electron chi connectivity index (χ2n) is 7.82. The highest BCUT2D eigenvalue weighted by Crippen LogP contribution is 2.54. The van der Waals surface area contributed by atoms with Gasteiger partial charge < -0.3 is 5.11 Å². The maximum Gasteiger partial charge on any atom is 0.280 e. The Bertz CT molecular complexity index is 1220. The highest BCUT2D eigenvalue weighted by Gasteiger charge is 2.49. The fourth-order valence-corrected chi connectivity index (χ4v) is 4.99. The predicted molar refractivity (Wildman–Crippen MR) is 114 cm³/mol. The number of carbonyl (C=O) groups excluding carboxylic acids is 1. The molecule has 5 rings (SSSR count). The van der Waals surface area contributed by atoms with E-state index in [4.69, 9.17) is 23.2 Å². The normalized spacial score (nSPS) is 16.6. The van der Waals surface area contributed by atoms with Crippen molar-refractivity contribution in [2.75, 3.05) is 11.5 Å². The first-order valence-corrected chi connectivity index (χ1v) is 10.4. The Morgan fingerprint density at radius 2 is 1.97 bits per heavy atom. The van der Waals surface area contributed by atoms with E-state index in [9.17, 15) is 9.90 Å². The number of benzene rings is 2. The van der Waals surface area contributed by atoms with Crippen molar-refractivity contribution in [1.82, 2.24) is 9.78 Å². The number of aromatic nitrogens is 2. The lowest BCUT2D eigenvalue weighted by molar-refractivity contribution is 0.0986. The second kappa shape index (κ2) is 6.80. The van der Waals surface area contributed by atoms with Crippen LogP contribution in [-0.2, 0) is 6.54 Å². The second-order valence-corrected chi connectivity index (χ2v) is 8.66. The van der Waals surface area contributed by atoms with E-state index in [2.05, 4.69) is 5.10 Å². The minimum absolute atomic E-state index is 0.0434. The van der Waals surface area contributed by atoms with Crippen LogP contribution < -0.4 is 4.90 Å². The van der Waals surface area contributed by atoms with Crippen LogP contribution in [0.15, 0.2) is 30.3 Å². The maximum absolute atomic E-state index is 15.3. The first kappa shape index (κ1) is 19.5. The van der Waals surface area contributed by atoms with E-state index in [0.29, 0.717) is 10.6 Å². The van der Waals surface area contributed by atoms with Gasteiger partial charge in [0.2, 0.25) is 0 Å². The highest BCUT2D eigenvalue weighted by atomic mass is 35.5. The Labute approximate surface area is 182 Å². The fraction of sp³-hybridized carbons (Fsp3) is 0.273. The zero-order valence-electron chi connectivity index (χ0n) is 16.3. The van der Waals surface area contributed by atoms with Crippen molar-refractivity contribution in [1.29, 1.82) is 0 Å². The van der Waals surface area contributed by atoms with E-state index in [0.717, 1.165) is 22.4 Å². The van der Waals surface area contributed by atoms with Gasteiger partial charge in [0.1, 0.15) is 0 Å². The fourth-order valence-electron chi connectivity index (χ4n) is 4.67. The van der Waals surface area contributed by atoms with Gasteiger partial charge in [-0.1, -0.05) is 49.2 Å². The van der Waals surface area contributed by atoms with Crippen LogP contribution in [0, 0.1) is 5.82 Å². The van der Waals surface area contributed by atoms with Crippen molar-refractivity contribution in [3.05, 3.63) is 68.7 Å². The Kier molecular flexibility index (Phi) is 4.43. The van der Waals surface area contributed by atoms with Crippen molar-refractivity contribution >= 4 is 34.8 Å². The molecule has 0 aliphatic carbocycles. The van der Waals surface area contributed by atoms with Gasteiger partial charge in [0.05, 0.1) is 29.9 Å². The van der Waals surface area contributed by atoms with Gasteiger partial charge in [-0.2, -0.15) is 5.10 Å². The molecule has 0 saturated heterocycles. The van der Waals surface area contributed by atoms with Crippen molar-refractivity contribution in [3.8, 4) is 11.1 Å². The number of carbonyl (C=O) groups is 1. The van der Waals surface area contributed by atoms with Crippen LogP contribution >= 0.6 is 23.2 Å². The van der Waals surface area contributed by atoms with Gasteiger partial charge in [-0.15, -0.1) is 0 Å². The third kappa shape index (κ3) is 2.51. The summed E-state index contributed by atoms with van der Waals surface area (Å²) in [5.74, 6) is -0.976. The molecule has 1 amide bonds. The van der Waals surface area contributed by atoms with Crippen molar-refractivity contribution in [3.63, 3.8) is 0 Å². The van der Waals surface area contributed by atoms with Crippen LogP contribution in [0.5, 0.6) is 0 Å². The van der Waals surface area contributed by atoms with Crippen LogP contribution in [0.25, 0.3) is 11.1 Å². The molecular weight excluding hydrogens is 428 g/mol. The number of amides is 1. The van der Waals surface area contributed by atoms with Crippen LogP contribution in [-0.4, -0.2) is 27.4 Å². The molecule has 0 unspecified atom stereocenters. The minimum atomic E-state index is -0.641. The number of hydrogen-bond acceptors (Lipinski definition) is 3. The summed E-state index contributed by atoms with van der Waals surface area (Å²) in [6.07, 6.45) is 0. The molecule has 1 atom stereocenters. The van der Waals surface area contributed by atoms with Gasteiger partial charge in [-0.25, -0.2) is 4.39 Å². The number of hydrogen-bond donors (Lipinski definition) is 1. The number of aliphatic hydroxyl groups excluding tert-OH is 1. The van der Waals surface area contributed by atoms with Crippen molar-refractivity contribution in [2.24, 2.45) is 0 Å². The molecule has 8 heteroatoms. The van der Waals surface area contributed by atoms with Crippen LogP contribution in [0.3, 0.4) is 0 Å². The average molecular weight is 446 g/mol. The summed E-state index contributed by atoms with van der Waals surface area (Å²) < 4.78 is 16.9. The zero-order chi connectivity index (χ0) is 21.3. The number of rotatable bonds is 3. The van der Waals surface area contributed by atoms with Gasteiger partial charge >= 0.3 is 0 Å². The molecule has 0 radical (unpaired) electrons. The summed E-state index contributed by atoms with van der Waals surface area (Å²) in [6.45, 7) is 4.21. The van der Waals surface area contributed by atoms with Gasteiger partial charge in [-0.3, -0.25) is 14.4 Å². The van der Waals surface area contributed by atoms with Crippen molar-refractivity contribution in [2.45, 2.75) is 32.4 Å². The summed E-state index contributed by atoms with van der Waals surface area (Å²) >= 11 is 12.4. The van der Waals surface area contributed by atoms with E-state index in [1.807, 2.05) is 19.9 Å². The lowest BCUT2D eigenvalue weighted by Crippen LogP contribution is -2.34. The Morgan fingerprint density at radius 1 is 1.20 bits per heavy atom. The van der Waals surface area contributed by atoms with Gasteiger partial charge in [-0.05, 0) is 35.2 Å². The maximum atomic E-state index is 15.3. The third-order valence-corrected chi connectivity index (χ3v) is 6.28. The first-order valence-electron chi connectivity index (χ1n) is 9.68. The molecule has 3 heterocycles. The molecule has 1 N–H and O–H groups in total. The largest absolute Gasteiger partial charge is 0.394 e. The van der Waals surface area contributed by atoms with Gasteiger partial charge in [0.25, 0.3) is 5.91 Å². The number of fused-ring (bicyclic) bond motifs is 8. The smallest absolute Gasteiger partial charge is 0.280 e. The summed E-state index contributed by atoms with van der Waals surface area (Å²) in [6, 6.07) is 8.10. The SMILES string of the molecule is CC(C)c1c2c(nn1CCO)C(=O)N1c3c(ccc(Cl)c3F)-c3cc(Cl)ccc3[C@@H]21. The summed E-state index contributed by atoms with van der Waals surface area (Å²) in [5.41, 5.74) is 4.21. The molecular formula is C22H18Cl2FN3O2. The van der Waals surface area contributed by atoms with Gasteiger partial charge in [0, 0.05) is 21.8 Å². The van der Waals surface area contributed by atoms with E-state index >= 15 is 4.39 Å². The Hall–Kier alpha value is -2.41. The zero-order valence-corrected chi connectivity index (χ0v) is 17.8. The van der Waals surface area contributed by atoms with Crippen LogP contribution in [0.2, 0.25) is 10.0 Å². The Morgan fingerprint density at radius 3 is 2.67 bits per heavy atom. The summed E-state index contributed by atoms with van der Waals surface area (Å²) in [5, 5.41) is 14.4. The number of nitrogens with zero attached hydrogens (tertiary/aromatic N) is 3. The molecule has 0 bridgehead atoms. The highest BCUT2D eigenvalue weighted by molar-refractivity contribution is 6.32. The van der Waals surface area contributed by atoms with Crippen LogP contribution in [0.1, 0.15) is 53.1 Å². The van der Waals surface area contributed by atoms with E-state index in [1.165, 1.54) is 11.0 Å². The van der Waals surface area contributed by atoms with Crippen LogP contribution in [0.4, 0.5) is 10.1 Å². The molecule has 5 nitrogen and oxygen atoms in total. The molecule has 2 aliphatic heterocycles. The Balaban J connectivity index is 1.86. The van der Waals surface area contributed by atoms with E-state index < -0.39 is 11.9 Å². The lowest BCUT2D eigenvalue weighted by atomic mass is 9.85. The topological polar surface area (TPSA) is 58.4 Å². The molecule has 30 heavy (non-hydrogen) atoms. The minimum Gasteiger partial charge on any atom is -0.394 e. The first-order chi connectivity index (χ1) is 14.3. The molecule has 154 valence electrons. The standard InChI is InChI=1S/C22H18Cl2FN3O2/c1-10(2)19-16-18(26-27(19)7-8-29)22(30)28-20(16)12-4-3-11(23)9-14(12)13-5-6-15(24)17(25)21(13)28/h3-6,9-10,20,29H,7-8H2,1-2H3/t20-/m0/s1. The third-order valence-electron chi connectivity index (χ3n) is 5.75. The predicted octanol–water partition coefficient (Wildman–Crippen LogP) is 5.17. The number of aliphatic hydroxyl groups is 1. The lowest BCUT2D eigenvalue weighted by Gasteiger charge is -2.35. The molecule has 2 aliphatic rings. The number of anilines is 1. The van der Waals surface area contributed by atoms with Crippen molar-refractivity contribution < 1.29 is 14.3 Å². The molecule has 1 aromatic heterocycles. The molecule has 0 fully saturated rings. The molecule has 0 spiro atoms. The summed E-state index contributed by atoms with van der Waals surface area (Å²) in [7, 11) is 0. The average Bonchev–Trinajstić information content (AvgIpc) is 3.20. The summed E-state index contributed by atoms with van der Waals surface area (Å²) in [4.78, 5) is 14.9. The monoisotopic (exact) mass is 445 g/mol. The van der Waals surface area contributed by atoms with E-state index in [-0.39, 0.29) is 41.4 Å². The molecule has 3 aromatic rings. The quantitative estimate of drug-likeness (QED) is 0.604. The number of halogens is 3. The molecule has 0 saturated carbocycles. The molecule has 2 aromatic carbocycles. The van der Waals surface area contributed by atoms with E-state index in [1.54, 1.807) is 22.9 Å². The van der Waals surface area contributed by atoms with Gasteiger partial charge in [0.15, 0.2) is 11.5 Å².